The minimum atomic E-state index is -1.27. The molecule has 0 bridgehead atoms. The van der Waals surface area contributed by atoms with Gasteiger partial charge in [0.25, 0.3) is 0 Å². The maximum absolute atomic E-state index is 15.0. The quantitative estimate of drug-likeness (QED) is 0.637. The monoisotopic (exact) mass is 444 g/mol. The van der Waals surface area contributed by atoms with Crippen molar-refractivity contribution in [3.63, 3.8) is 0 Å². The summed E-state index contributed by atoms with van der Waals surface area (Å²) >= 11 is 3.53. The van der Waals surface area contributed by atoms with Gasteiger partial charge in [-0.3, -0.25) is 4.90 Å². The molecule has 5 rings (SSSR count). The second-order valence-corrected chi connectivity index (χ2v) is 8.63. The molecule has 0 radical (unpaired) electrons. The molecule has 4 nitrogen and oxygen atoms in total. The lowest BCUT2D eigenvalue weighted by atomic mass is 9.90. The summed E-state index contributed by atoms with van der Waals surface area (Å²) in [7, 11) is 1.68. The Morgan fingerprint density at radius 2 is 2.11 bits per heavy atom. The molecule has 1 aromatic heterocycles. The van der Waals surface area contributed by atoms with Gasteiger partial charge < -0.3 is 14.5 Å². The van der Waals surface area contributed by atoms with Crippen LogP contribution in [0.2, 0.25) is 0 Å². The molecule has 1 unspecified atom stereocenters. The minimum Gasteiger partial charge on any atom is -0.496 e. The van der Waals surface area contributed by atoms with E-state index in [9.17, 15) is 4.39 Å². The molecular weight excluding hydrogens is 423 g/mol. The first kappa shape index (κ1) is 18.2. The van der Waals surface area contributed by atoms with E-state index in [4.69, 9.17) is 9.47 Å². The van der Waals surface area contributed by atoms with Crippen molar-refractivity contribution in [1.82, 2.24) is 9.88 Å². The Labute approximate surface area is 171 Å². The van der Waals surface area contributed by atoms with Gasteiger partial charge in [-0.2, -0.15) is 0 Å². The third-order valence-electron chi connectivity index (χ3n) is 5.83. The molecule has 6 heteroatoms. The third kappa shape index (κ3) is 2.95. The predicted octanol–water partition coefficient (Wildman–Crippen LogP) is 4.63. The van der Waals surface area contributed by atoms with Crippen LogP contribution in [0.3, 0.4) is 0 Å². The van der Waals surface area contributed by atoms with Gasteiger partial charge in [0.1, 0.15) is 5.75 Å². The van der Waals surface area contributed by atoms with Gasteiger partial charge >= 0.3 is 0 Å². The van der Waals surface area contributed by atoms with Crippen molar-refractivity contribution in [2.75, 3.05) is 33.4 Å². The number of para-hydroxylation sites is 1. The van der Waals surface area contributed by atoms with Gasteiger partial charge in [-0.05, 0) is 30.2 Å². The van der Waals surface area contributed by atoms with E-state index >= 15 is 0 Å². The van der Waals surface area contributed by atoms with Crippen LogP contribution in [0.5, 0.6) is 5.75 Å². The Balaban J connectivity index is 1.66. The molecule has 2 aromatic carbocycles. The molecule has 3 heterocycles. The molecule has 0 saturated carbocycles. The third-order valence-corrected chi connectivity index (χ3v) is 6.33. The summed E-state index contributed by atoms with van der Waals surface area (Å²) < 4.78 is 26.8. The fourth-order valence-corrected chi connectivity index (χ4v) is 4.84. The highest BCUT2D eigenvalue weighted by atomic mass is 79.9. The van der Waals surface area contributed by atoms with Gasteiger partial charge in [-0.15, -0.1) is 0 Å². The van der Waals surface area contributed by atoms with Gasteiger partial charge in [0.15, 0.2) is 5.67 Å². The van der Waals surface area contributed by atoms with Gasteiger partial charge in [0, 0.05) is 39.7 Å². The van der Waals surface area contributed by atoms with E-state index in [1.54, 1.807) is 7.11 Å². The number of benzene rings is 2. The average Bonchev–Trinajstić information content (AvgIpc) is 3.05. The summed E-state index contributed by atoms with van der Waals surface area (Å²) in [6.07, 6.45) is 0.894. The van der Waals surface area contributed by atoms with E-state index in [0.29, 0.717) is 6.54 Å². The number of aromatic amines is 1. The summed E-state index contributed by atoms with van der Waals surface area (Å²) in [6, 6.07) is 14.3. The van der Waals surface area contributed by atoms with Gasteiger partial charge in [0.05, 0.1) is 26.4 Å². The lowest BCUT2D eigenvalue weighted by molar-refractivity contribution is -0.144. The van der Waals surface area contributed by atoms with Crippen molar-refractivity contribution >= 4 is 26.8 Å². The van der Waals surface area contributed by atoms with Crippen LogP contribution in [0.25, 0.3) is 10.9 Å². The Morgan fingerprint density at radius 3 is 2.86 bits per heavy atom. The van der Waals surface area contributed by atoms with Crippen molar-refractivity contribution in [1.29, 1.82) is 0 Å². The molecular formula is C22H22BrFN2O2. The fraction of sp³-hybridized carbons (Fsp3) is 0.364. The normalized spacial score (nSPS) is 21.3. The topological polar surface area (TPSA) is 37.5 Å². The van der Waals surface area contributed by atoms with Gasteiger partial charge in [-0.25, -0.2) is 4.39 Å². The molecule has 1 N–H and O–H groups in total. The van der Waals surface area contributed by atoms with Gasteiger partial charge in [-0.1, -0.05) is 40.2 Å². The molecule has 28 heavy (non-hydrogen) atoms. The lowest BCUT2D eigenvalue weighted by Crippen LogP contribution is -2.55. The molecule has 1 fully saturated rings. The Kier molecular flexibility index (Phi) is 4.45. The van der Waals surface area contributed by atoms with Crippen molar-refractivity contribution in [2.45, 2.75) is 18.1 Å². The number of aromatic nitrogens is 1. The maximum atomic E-state index is 15.0. The van der Waals surface area contributed by atoms with Crippen LogP contribution in [0.4, 0.5) is 4.39 Å². The van der Waals surface area contributed by atoms with E-state index in [-0.39, 0.29) is 19.3 Å². The number of ether oxygens (including phenoxy) is 2. The van der Waals surface area contributed by atoms with Crippen molar-refractivity contribution in [2.24, 2.45) is 0 Å². The van der Waals surface area contributed by atoms with Crippen LogP contribution in [-0.2, 0) is 11.2 Å². The minimum absolute atomic E-state index is 0.0903. The highest BCUT2D eigenvalue weighted by Gasteiger charge is 2.44. The summed E-state index contributed by atoms with van der Waals surface area (Å²) in [5, 5.41) is 1.25. The zero-order valence-electron chi connectivity index (χ0n) is 15.7. The lowest BCUT2D eigenvalue weighted by Gasteiger charge is -2.43. The smallest absolute Gasteiger partial charge is 0.169 e. The number of H-pyrrole nitrogens is 1. The number of nitrogens with zero attached hydrogens (tertiary/aromatic N) is 1. The van der Waals surface area contributed by atoms with Crippen LogP contribution < -0.4 is 4.74 Å². The van der Waals surface area contributed by atoms with Crippen LogP contribution >= 0.6 is 15.9 Å². The van der Waals surface area contributed by atoms with E-state index in [1.807, 2.05) is 18.2 Å². The number of hydrogen-bond donors (Lipinski definition) is 1. The van der Waals surface area contributed by atoms with Crippen molar-refractivity contribution < 1.29 is 13.9 Å². The van der Waals surface area contributed by atoms with E-state index in [1.165, 1.54) is 10.9 Å². The number of fused-ring (bicyclic) bond motifs is 3. The zero-order chi connectivity index (χ0) is 19.3. The second kappa shape index (κ2) is 6.87. The predicted molar refractivity (Wildman–Crippen MR) is 111 cm³/mol. The summed E-state index contributed by atoms with van der Waals surface area (Å²) in [5.74, 6) is 0.800. The van der Waals surface area contributed by atoms with Crippen molar-refractivity contribution in [3.8, 4) is 5.75 Å². The molecule has 0 spiro atoms. The molecule has 1 saturated heterocycles. The first-order valence-corrected chi connectivity index (χ1v) is 10.3. The number of rotatable bonds is 4. The summed E-state index contributed by atoms with van der Waals surface area (Å²) in [5.41, 5.74) is 3.35. The number of methoxy groups -OCH3 is 1. The summed E-state index contributed by atoms with van der Waals surface area (Å²) in [4.78, 5) is 5.85. The Hall–Kier alpha value is -1.89. The van der Waals surface area contributed by atoms with E-state index in [0.717, 1.165) is 40.0 Å². The van der Waals surface area contributed by atoms with Gasteiger partial charge in [0.2, 0.25) is 0 Å². The number of hydrogen-bond acceptors (Lipinski definition) is 3. The first-order chi connectivity index (χ1) is 13.6. The molecule has 3 aromatic rings. The standard InChI is InChI=1S/C22H22BrFN2O2/c1-27-19-10-14(23)6-7-17(19)21-20-16(15-4-2-3-5-18(15)25-20)8-9-26(21)11-22(24)12-28-13-22/h2-7,10,21,25H,8-9,11-13H2,1H3. The van der Waals surface area contributed by atoms with E-state index in [2.05, 4.69) is 50.1 Å². The Bertz CT molecular complexity index is 1030. The highest BCUT2D eigenvalue weighted by molar-refractivity contribution is 9.10. The maximum Gasteiger partial charge on any atom is 0.169 e. The SMILES string of the molecule is COc1cc(Br)ccc1C1c2[nH]c3ccccc3c2CCN1CC1(F)COC1. The first-order valence-electron chi connectivity index (χ1n) is 9.52. The molecule has 2 aliphatic rings. The molecule has 146 valence electrons. The average molecular weight is 445 g/mol. The Morgan fingerprint density at radius 1 is 1.29 bits per heavy atom. The van der Waals surface area contributed by atoms with Crippen LogP contribution in [0, 0.1) is 0 Å². The molecule has 2 aliphatic heterocycles. The highest BCUT2D eigenvalue weighted by Crippen LogP contribution is 2.43. The second-order valence-electron chi connectivity index (χ2n) is 7.72. The van der Waals surface area contributed by atoms with Crippen LogP contribution in [0.15, 0.2) is 46.9 Å². The molecule has 0 aliphatic carbocycles. The van der Waals surface area contributed by atoms with E-state index < -0.39 is 5.67 Å². The number of halogens is 2. The number of nitrogens with one attached hydrogen (secondary N) is 1. The zero-order valence-corrected chi connectivity index (χ0v) is 17.3. The van der Waals surface area contributed by atoms with Crippen LogP contribution in [-0.4, -0.2) is 49.0 Å². The summed E-state index contributed by atoms with van der Waals surface area (Å²) in [6.45, 7) is 1.50. The largest absolute Gasteiger partial charge is 0.496 e. The number of alkyl halides is 1. The molecule has 0 amide bonds. The van der Waals surface area contributed by atoms with Crippen molar-refractivity contribution in [3.05, 3.63) is 63.8 Å². The fourth-order valence-electron chi connectivity index (χ4n) is 4.50. The molecule has 1 atom stereocenters. The van der Waals surface area contributed by atoms with Crippen LogP contribution in [0.1, 0.15) is 22.9 Å².